The Morgan fingerprint density at radius 1 is 1.12 bits per heavy atom. The summed E-state index contributed by atoms with van der Waals surface area (Å²) in [5.74, 6) is 0.592. The number of hydrogen-bond donors (Lipinski definition) is 1. The van der Waals surface area contributed by atoms with E-state index in [1.165, 1.54) is 30.4 Å². The van der Waals surface area contributed by atoms with E-state index in [0.29, 0.717) is 24.2 Å². The number of benzene rings is 1. The second-order valence-electron chi connectivity index (χ2n) is 7.44. The highest BCUT2D eigenvalue weighted by molar-refractivity contribution is 5.92. The molecule has 5 heteroatoms. The van der Waals surface area contributed by atoms with Crippen LogP contribution in [0.2, 0.25) is 0 Å². The first-order valence-corrected chi connectivity index (χ1v) is 9.67. The van der Waals surface area contributed by atoms with Crippen molar-refractivity contribution in [2.75, 3.05) is 11.9 Å². The Morgan fingerprint density at radius 2 is 1.88 bits per heavy atom. The average Bonchev–Trinajstić information content (AvgIpc) is 2.67. The van der Waals surface area contributed by atoms with Crippen LogP contribution < -0.4 is 5.32 Å². The van der Waals surface area contributed by atoms with Crippen LogP contribution in [0.15, 0.2) is 30.3 Å². The van der Waals surface area contributed by atoms with Crippen LogP contribution >= 0.6 is 0 Å². The summed E-state index contributed by atoms with van der Waals surface area (Å²) in [4.78, 5) is 24.0. The Balaban J connectivity index is 1.51. The number of fused-ring (bicyclic) bond motifs is 1. The van der Waals surface area contributed by atoms with E-state index in [2.05, 4.69) is 33.5 Å². The molecule has 0 spiro atoms. The molecule has 136 valence electrons. The van der Waals surface area contributed by atoms with E-state index in [1.807, 2.05) is 17.9 Å². The van der Waals surface area contributed by atoms with Crippen LogP contribution in [-0.2, 0) is 13.0 Å². The van der Waals surface area contributed by atoms with Crippen molar-refractivity contribution < 1.29 is 4.79 Å². The van der Waals surface area contributed by atoms with Gasteiger partial charge in [-0.15, -0.1) is 0 Å². The third kappa shape index (κ3) is 3.71. The fraction of sp³-hybridized carbons (Fsp3) is 0.476. The molecule has 1 fully saturated rings. The predicted molar refractivity (Wildman–Crippen MR) is 102 cm³/mol. The van der Waals surface area contributed by atoms with E-state index in [0.717, 1.165) is 31.5 Å². The molecule has 5 nitrogen and oxygen atoms in total. The summed E-state index contributed by atoms with van der Waals surface area (Å²) in [5, 5.41) is 3.44. The van der Waals surface area contributed by atoms with Crippen molar-refractivity contribution >= 4 is 11.9 Å². The van der Waals surface area contributed by atoms with Gasteiger partial charge in [0.15, 0.2) is 0 Å². The summed E-state index contributed by atoms with van der Waals surface area (Å²) in [6.07, 6.45) is 7.03. The van der Waals surface area contributed by atoms with Gasteiger partial charge in [0.25, 0.3) is 5.91 Å². The number of aromatic nitrogens is 2. The first kappa shape index (κ1) is 17.0. The minimum absolute atomic E-state index is 0.00306. The van der Waals surface area contributed by atoms with E-state index in [1.54, 1.807) is 6.07 Å². The molecule has 2 aliphatic rings. The molecule has 4 rings (SSSR count). The summed E-state index contributed by atoms with van der Waals surface area (Å²) in [5.41, 5.74) is 3.91. The summed E-state index contributed by atoms with van der Waals surface area (Å²) < 4.78 is 0. The lowest BCUT2D eigenvalue weighted by Gasteiger charge is -2.29. The highest BCUT2D eigenvalue weighted by Crippen LogP contribution is 2.22. The number of rotatable bonds is 3. The predicted octanol–water partition coefficient (Wildman–Crippen LogP) is 3.73. The summed E-state index contributed by atoms with van der Waals surface area (Å²) in [6, 6.07) is 10.6. The second kappa shape index (κ2) is 7.44. The van der Waals surface area contributed by atoms with Gasteiger partial charge in [0.2, 0.25) is 5.95 Å². The van der Waals surface area contributed by atoms with Gasteiger partial charge in [-0.2, -0.15) is 0 Å². The van der Waals surface area contributed by atoms with Crippen molar-refractivity contribution in [3.8, 4) is 0 Å². The molecule has 1 aromatic heterocycles. The Hall–Kier alpha value is -2.43. The first-order valence-electron chi connectivity index (χ1n) is 9.67. The largest absolute Gasteiger partial charge is 0.351 e. The number of hydrogen-bond acceptors (Lipinski definition) is 4. The Kier molecular flexibility index (Phi) is 4.87. The molecule has 0 atom stereocenters. The number of carbonyl (C=O) groups excluding carboxylic acids is 1. The van der Waals surface area contributed by atoms with Crippen LogP contribution in [0, 0.1) is 6.92 Å². The van der Waals surface area contributed by atoms with Gasteiger partial charge in [0, 0.05) is 24.8 Å². The first-order chi connectivity index (χ1) is 12.7. The SMILES string of the molecule is Cc1cc(C(=O)N2CCc3ccccc3C2)nc(NC2CCCCC2)n1. The van der Waals surface area contributed by atoms with Crippen LogP contribution in [0.5, 0.6) is 0 Å². The molecule has 0 unspecified atom stereocenters. The molecule has 26 heavy (non-hydrogen) atoms. The van der Waals surface area contributed by atoms with Gasteiger partial charge in [0.1, 0.15) is 5.69 Å². The zero-order valence-electron chi connectivity index (χ0n) is 15.4. The number of nitrogens with zero attached hydrogens (tertiary/aromatic N) is 3. The third-order valence-corrected chi connectivity index (χ3v) is 5.43. The van der Waals surface area contributed by atoms with Gasteiger partial charge in [0.05, 0.1) is 0 Å². The molecule has 1 aliphatic heterocycles. The van der Waals surface area contributed by atoms with E-state index in [9.17, 15) is 4.79 Å². The number of carbonyl (C=O) groups is 1. The summed E-state index contributed by atoms with van der Waals surface area (Å²) >= 11 is 0. The monoisotopic (exact) mass is 350 g/mol. The lowest BCUT2D eigenvalue weighted by atomic mass is 9.96. The van der Waals surface area contributed by atoms with Gasteiger partial charge in [-0.1, -0.05) is 43.5 Å². The molecule has 0 bridgehead atoms. The van der Waals surface area contributed by atoms with Gasteiger partial charge < -0.3 is 10.2 Å². The fourth-order valence-corrected chi connectivity index (χ4v) is 4.00. The maximum atomic E-state index is 13.0. The smallest absolute Gasteiger partial charge is 0.272 e. The van der Waals surface area contributed by atoms with E-state index < -0.39 is 0 Å². The third-order valence-electron chi connectivity index (χ3n) is 5.43. The van der Waals surface area contributed by atoms with Crippen LogP contribution in [-0.4, -0.2) is 33.4 Å². The molecule has 1 saturated carbocycles. The van der Waals surface area contributed by atoms with Crippen molar-refractivity contribution in [3.63, 3.8) is 0 Å². The Bertz CT molecular complexity index is 798. The van der Waals surface area contributed by atoms with Crippen LogP contribution in [0.3, 0.4) is 0 Å². The van der Waals surface area contributed by atoms with Gasteiger partial charge >= 0.3 is 0 Å². The lowest BCUT2D eigenvalue weighted by molar-refractivity contribution is 0.0728. The molecule has 1 aliphatic carbocycles. The fourth-order valence-electron chi connectivity index (χ4n) is 4.00. The molecular weight excluding hydrogens is 324 g/mol. The molecule has 1 amide bonds. The molecule has 2 aromatic rings. The van der Waals surface area contributed by atoms with Gasteiger partial charge in [-0.25, -0.2) is 9.97 Å². The normalized spacial score (nSPS) is 17.7. The number of nitrogens with one attached hydrogen (secondary N) is 1. The average molecular weight is 350 g/mol. The van der Waals surface area contributed by atoms with Crippen LogP contribution in [0.4, 0.5) is 5.95 Å². The number of amides is 1. The topological polar surface area (TPSA) is 58.1 Å². The van der Waals surface area contributed by atoms with Crippen molar-refractivity contribution in [3.05, 3.63) is 52.8 Å². The standard InChI is InChI=1S/C21H26N4O/c1-15-13-19(24-21(22-15)23-18-9-3-2-4-10-18)20(26)25-12-11-16-7-5-6-8-17(16)14-25/h5-8,13,18H,2-4,9-12,14H2,1H3,(H,22,23,24). The van der Waals surface area contributed by atoms with Crippen molar-refractivity contribution in [2.45, 2.75) is 58.0 Å². The van der Waals surface area contributed by atoms with E-state index in [4.69, 9.17) is 0 Å². The maximum Gasteiger partial charge on any atom is 0.272 e. The highest BCUT2D eigenvalue weighted by Gasteiger charge is 2.23. The van der Waals surface area contributed by atoms with Crippen LogP contribution in [0.1, 0.15) is 59.4 Å². The highest BCUT2D eigenvalue weighted by atomic mass is 16.2. The van der Waals surface area contributed by atoms with Crippen LogP contribution in [0.25, 0.3) is 0 Å². The summed E-state index contributed by atoms with van der Waals surface area (Å²) in [7, 11) is 0. The molecular formula is C21H26N4O. The van der Waals surface area contributed by atoms with Crippen molar-refractivity contribution in [2.24, 2.45) is 0 Å². The lowest BCUT2D eigenvalue weighted by Crippen LogP contribution is -2.36. The molecule has 1 N–H and O–H groups in total. The zero-order chi connectivity index (χ0) is 17.9. The molecule has 0 saturated heterocycles. The Morgan fingerprint density at radius 3 is 2.69 bits per heavy atom. The van der Waals surface area contributed by atoms with Gasteiger partial charge in [-0.3, -0.25) is 4.79 Å². The quantitative estimate of drug-likeness (QED) is 0.916. The molecule has 1 aromatic carbocycles. The maximum absolute atomic E-state index is 13.0. The summed E-state index contributed by atoms with van der Waals surface area (Å²) in [6.45, 7) is 3.32. The zero-order valence-corrected chi connectivity index (χ0v) is 15.4. The molecule has 2 heterocycles. The van der Waals surface area contributed by atoms with Crippen molar-refractivity contribution in [1.82, 2.24) is 14.9 Å². The van der Waals surface area contributed by atoms with Crippen molar-refractivity contribution in [1.29, 1.82) is 0 Å². The molecule has 0 radical (unpaired) electrons. The van der Waals surface area contributed by atoms with Gasteiger partial charge in [-0.05, 0) is 43.4 Å². The second-order valence-corrected chi connectivity index (χ2v) is 7.44. The Labute approximate surface area is 154 Å². The number of aryl methyl sites for hydroxylation is 1. The number of anilines is 1. The minimum atomic E-state index is -0.00306. The van der Waals surface area contributed by atoms with E-state index >= 15 is 0 Å². The minimum Gasteiger partial charge on any atom is -0.351 e. The van der Waals surface area contributed by atoms with E-state index in [-0.39, 0.29) is 5.91 Å².